The van der Waals surface area contributed by atoms with Gasteiger partial charge < -0.3 is 14.4 Å². The minimum Gasteiger partial charge on any atom is -0.409 e. The van der Waals surface area contributed by atoms with Crippen molar-refractivity contribution < 1.29 is 23.5 Å². The Labute approximate surface area is 148 Å². The summed E-state index contributed by atoms with van der Waals surface area (Å²) in [6.45, 7) is 1.71. The summed E-state index contributed by atoms with van der Waals surface area (Å²) in [6.07, 6.45) is 2.41. The summed E-state index contributed by atoms with van der Waals surface area (Å²) in [5.41, 5.74) is 0.00872. The molecule has 3 rings (SSSR count). The normalized spacial score (nSPS) is 14.7. The van der Waals surface area contributed by atoms with E-state index in [1.54, 1.807) is 6.08 Å². The zero-order valence-corrected chi connectivity index (χ0v) is 14.1. The number of amides is 1. The first-order valence-corrected chi connectivity index (χ1v) is 8.61. The average Bonchev–Trinajstić information content (AvgIpc) is 3.15. The molecule has 2 heterocycles. The predicted molar refractivity (Wildman–Crippen MR) is 92.5 cm³/mol. The first-order valence-electron chi connectivity index (χ1n) is 7.73. The molecule has 1 saturated heterocycles. The number of ether oxygens (including phenoxy) is 2. The van der Waals surface area contributed by atoms with Crippen molar-refractivity contribution in [2.24, 2.45) is 0 Å². The number of thiophene rings is 1. The molecule has 0 unspecified atom stereocenters. The van der Waals surface area contributed by atoms with Gasteiger partial charge >= 0.3 is 6.09 Å². The molecule has 1 amide bonds. The van der Waals surface area contributed by atoms with E-state index in [1.165, 1.54) is 28.4 Å². The third kappa shape index (κ3) is 4.52. The summed E-state index contributed by atoms with van der Waals surface area (Å²) in [7, 11) is 0. The molecule has 1 aromatic carbocycles. The van der Waals surface area contributed by atoms with Gasteiger partial charge in [-0.25, -0.2) is 9.18 Å². The SMILES string of the molecule is O=C(/C=C/c1cccs1)c1cc(F)ccc1OC(=O)N1CCOCC1. The number of ketones is 1. The summed E-state index contributed by atoms with van der Waals surface area (Å²) in [5, 5.41) is 1.89. The van der Waals surface area contributed by atoms with Gasteiger partial charge in [0.15, 0.2) is 5.78 Å². The smallest absolute Gasteiger partial charge is 0.409 e. The molecule has 0 N–H and O–H groups in total. The number of benzene rings is 1. The van der Waals surface area contributed by atoms with Crippen molar-refractivity contribution in [3.63, 3.8) is 0 Å². The van der Waals surface area contributed by atoms with Crippen LogP contribution >= 0.6 is 11.3 Å². The molecule has 0 bridgehead atoms. The molecule has 0 radical (unpaired) electrons. The summed E-state index contributed by atoms with van der Waals surface area (Å²) in [4.78, 5) is 27.0. The highest BCUT2D eigenvalue weighted by molar-refractivity contribution is 7.10. The van der Waals surface area contributed by atoms with Gasteiger partial charge in [-0.15, -0.1) is 11.3 Å². The molecule has 1 aliphatic rings. The molecule has 130 valence electrons. The molecular formula is C18H16FNO4S. The first-order chi connectivity index (χ1) is 12.1. The van der Waals surface area contributed by atoms with Crippen LogP contribution in [0.15, 0.2) is 41.8 Å². The second-order valence-corrected chi connectivity index (χ2v) is 6.30. The second-order valence-electron chi connectivity index (χ2n) is 5.32. The minimum absolute atomic E-state index is 0.00872. The number of hydrogen-bond donors (Lipinski definition) is 0. The number of carbonyl (C=O) groups excluding carboxylic acids is 2. The zero-order valence-electron chi connectivity index (χ0n) is 13.3. The maximum absolute atomic E-state index is 13.6. The standard InChI is InChI=1S/C18H16FNO4S/c19-13-3-6-17(24-18(22)20-7-9-23-10-8-20)15(12-13)16(21)5-4-14-2-1-11-25-14/h1-6,11-12H,7-10H2/b5-4+. The van der Waals surface area contributed by atoms with Gasteiger partial charge in [-0.2, -0.15) is 0 Å². The van der Waals surface area contributed by atoms with Gasteiger partial charge in [-0.05, 0) is 41.8 Å². The zero-order chi connectivity index (χ0) is 17.6. The number of rotatable bonds is 4. The fraction of sp³-hybridized carbons (Fsp3) is 0.222. The van der Waals surface area contributed by atoms with Gasteiger partial charge in [0.1, 0.15) is 11.6 Å². The van der Waals surface area contributed by atoms with Crippen molar-refractivity contribution in [1.29, 1.82) is 0 Å². The van der Waals surface area contributed by atoms with E-state index < -0.39 is 17.7 Å². The van der Waals surface area contributed by atoms with Crippen molar-refractivity contribution in [2.75, 3.05) is 26.3 Å². The van der Waals surface area contributed by atoms with Crippen molar-refractivity contribution >= 4 is 29.3 Å². The number of allylic oxidation sites excluding steroid dienone is 1. The van der Waals surface area contributed by atoms with Gasteiger partial charge in [-0.1, -0.05) is 6.07 Å². The van der Waals surface area contributed by atoms with E-state index in [0.717, 1.165) is 17.0 Å². The average molecular weight is 361 g/mol. The Balaban J connectivity index is 1.77. The highest BCUT2D eigenvalue weighted by Gasteiger charge is 2.21. The molecule has 0 saturated carbocycles. The number of hydrogen-bond acceptors (Lipinski definition) is 5. The van der Waals surface area contributed by atoms with Crippen LogP contribution in [0.3, 0.4) is 0 Å². The molecule has 0 aliphatic carbocycles. The molecular weight excluding hydrogens is 345 g/mol. The number of nitrogens with zero attached hydrogens (tertiary/aromatic N) is 1. The molecule has 1 aromatic heterocycles. The number of halogens is 1. The van der Waals surface area contributed by atoms with Crippen LogP contribution in [0.1, 0.15) is 15.2 Å². The maximum atomic E-state index is 13.6. The van der Waals surface area contributed by atoms with Gasteiger partial charge in [0.05, 0.1) is 18.8 Å². The van der Waals surface area contributed by atoms with Crippen molar-refractivity contribution in [3.8, 4) is 5.75 Å². The Morgan fingerprint density at radius 3 is 2.76 bits per heavy atom. The number of morpholine rings is 1. The summed E-state index contributed by atoms with van der Waals surface area (Å²) >= 11 is 1.48. The highest BCUT2D eigenvalue weighted by atomic mass is 32.1. The maximum Gasteiger partial charge on any atom is 0.415 e. The lowest BCUT2D eigenvalue weighted by atomic mass is 10.1. The van der Waals surface area contributed by atoms with E-state index in [9.17, 15) is 14.0 Å². The lowest BCUT2D eigenvalue weighted by molar-refractivity contribution is 0.0415. The monoisotopic (exact) mass is 361 g/mol. The van der Waals surface area contributed by atoms with E-state index in [0.29, 0.717) is 26.3 Å². The van der Waals surface area contributed by atoms with Crippen molar-refractivity contribution in [3.05, 3.63) is 58.0 Å². The molecule has 5 nitrogen and oxygen atoms in total. The molecule has 1 fully saturated rings. The topological polar surface area (TPSA) is 55.8 Å². The fourth-order valence-corrected chi connectivity index (χ4v) is 2.94. The Morgan fingerprint density at radius 1 is 1.24 bits per heavy atom. The Morgan fingerprint density at radius 2 is 2.04 bits per heavy atom. The third-order valence-electron chi connectivity index (χ3n) is 3.62. The van der Waals surface area contributed by atoms with Crippen LogP contribution in [-0.2, 0) is 4.74 Å². The molecule has 7 heteroatoms. The quantitative estimate of drug-likeness (QED) is 0.617. The Hall–Kier alpha value is -2.51. The molecule has 2 aromatic rings. The van der Waals surface area contributed by atoms with Gasteiger partial charge in [0.25, 0.3) is 0 Å². The van der Waals surface area contributed by atoms with Gasteiger partial charge in [0.2, 0.25) is 0 Å². The van der Waals surface area contributed by atoms with E-state index >= 15 is 0 Å². The summed E-state index contributed by atoms with van der Waals surface area (Å²) < 4.78 is 24.1. The third-order valence-corrected chi connectivity index (χ3v) is 4.45. The van der Waals surface area contributed by atoms with E-state index in [4.69, 9.17) is 9.47 Å². The minimum atomic E-state index is -0.578. The van der Waals surface area contributed by atoms with E-state index in [1.807, 2.05) is 17.5 Å². The molecule has 0 spiro atoms. The molecule has 25 heavy (non-hydrogen) atoms. The van der Waals surface area contributed by atoms with Crippen LogP contribution in [-0.4, -0.2) is 43.1 Å². The number of carbonyl (C=O) groups is 2. The van der Waals surface area contributed by atoms with Crippen LogP contribution in [0, 0.1) is 5.82 Å². The van der Waals surface area contributed by atoms with E-state index in [2.05, 4.69) is 0 Å². The van der Waals surface area contributed by atoms with Crippen molar-refractivity contribution in [1.82, 2.24) is 4.90 Å². The van der Waals surface area contributed by atoms with E-state index in [-0.39, 0.29) is 11.3 Å². The summed E-state index contributed by atoms with van der Waals surface area (Å²) in [6, 6.07) is 7.25. The largest absolute Gasteiger partial charge is 0.415 e. The van der Waals surface area contributed by atoms with Crippen LogP contribution in [0.25, 0.3) is 6.08 Å². The predicted octanol–water partition coefficient (Wildman–Crippen LogP) is 3.61. The van der Waals surface area contributed by atoms with Gasteiger partial charge in [-0.3, -0.25) is 4.79 Å². The molecule has 0 atom stereocenters. The Kier molecular flexibility index (Phi) is 5.57. The van der Waals surface area contributed by atoms with Crippen LogP contribution in [0.5, 0.6) is 5.75 Å². The fourth-order valence-electron chi connectivity index (χ4n) is 2.32. The van der Waals surface area contributed by atoms with Crippen molar-refractivity contribution in [2.45, 2.75) is 0 Å². The first kappa shape index (κ1) is 17.3. The Bertz CT molecular complexity index is 782. The highest BCUT2D eigenvalue weighted by Crippen LogP contribution is 2.22. The van der Waals surface area contributed by atoms with Crippen LogP contribution in [0.2, 0.25) is 0 Å². The second kappa shape index (κ2) is 8.04. The lowest BCUT2D eigenvalue weighted by Crippen LogP contribution is -2.42. The van der Waals surface area contributed by atoms with Crippen LogP contribution < -0.4 is 4.74 Å². The molecule has 1 aliphatic heterocycles. The van der Waals surface area contributed by atoms with Gasteiger partial charge in [0, 0.05) is 18.0 Å². The van der Waals surface area contributed by atoms with Crippen LogP contribution in [0.4, 0.5) is 9.18 Å². The summed E-state index contributed by atoms with van der Waals surface area (Å²) in [5.74, 6) is -0.963. The lowest BCUT2D eigenvalue weighted by Gasteiger charge is -2.26.